The van der Waals surface area contributed by atoms with E-state index >= 15 is 0 Å². The van der Waals surface area contributed by atoms with E-state index in [2.05, 4.69) is 34.0 Å². The van der Waals surface area contributed by atoms with Crippen molar-refractivity contribution in [3.63, 3.8) is 0 Å². The van der Waals surface area contributed by atoms with Crippen molar-refractivity contribution < 1.29 is 32.4 Å². The lowest BCUT2D eigenvalue weighted by atomic mass is 9.76. The maximum atomic E-state index is 11.4. The Bertz CT molecular complexity index is 1410. The zero-order chi connectivity index (χ0) is 27.5. The van der Waals surface area contributed by atoms with Gasteiger partial charge in [-0.15, -0.1) is 0 Å². The van der Waals surface area contributed by atoms with E-state index < -0.39 is 30.0 Å². The van der Waals surface area contributed by atoms with Crippen LogP contribution >= 0.6 is 7.82 Å². The summed E-state index contributed by atoms with van der Waals surface area (Å²) >= 11 is 0. The second-order valence-electron chi connectivity index (χ2n) is 9.58. The highest BCUT2D eigenvalue weighted by Crippen LogP contribution is 2.38. The van der Waals surface area contributed by atoms with Crippen LogP contribution in [0.25, 0.3) is 17.2 Å². The minimum atomic E-state index is -4.67. The highest BCUT2D eigenvalue weighted by atomic mass is 32.2. The second kappa shape index (κ2) is 11.6. The van der Waals surface area contributed by atoms with Crippen molar-refractivity contribution in [1.29, 1.82) is 0 Å². The molecule has 1 aliphatic carbocycles. The van der Waals surface area contributed by atoms with Gasteiger partial charge in [-0.3, -0.25) is 4.52 Å². The molecule has 3 aromatic rings. The summed E-state index contributed by atoms with van der Waals surface area (Å²) in [5.74, 6) is 0.708. The van der Waals surface area contributed by atoms with Gasteiger partial charge >= 0.3 is 7.82 Å². The number of aliphatic hydroxyl groups is 1. The number of aliphatic hydroxyl groups excluding tert-OH is 1. The monoisotopic (exact) mass is 561 g/mol. The number of hydrogen-bond donors (Lipinski definition) is 4. The summed E-state index contributed by atoms with van der Waals surface area (Å²) in [6.07, 6.45) is 8.62. The predicted molar refractivity (Wildman–Crippen MR) is 145 cm³/mol. The first-order valence-corrected chi connectivity index (χ1v) is 15.6. The molecule has 1 aliphatic rings. The van der Waals surface area contributed by atoms with Crippen molar-refractivity contribution in [3.8, 4) is 11.1 Å². The van der Waals surface area contributed by atoms with Crippen LogP contribution in [0.4, 0.5) is 0 Å². The summed E-state index contributed by atoms with van der Waals surface area (Å²) in [6.45, 7) is 1.27. The molecule has 0 unspecified atom stereocenters. The van der Waals surface area contributed by atoms with E-state index in [0.29, 0.717) is 11.7 Å². The first kappa shape index (κ1) is 28.4. The van der Waals surface area contributed by atoms with Gasteiger partial charge in [-0.1, -0.05) is 60.7 Å². The minimum absolute atomic E-state index is 0.00521. The fraction of sp³-hybridized carbons (Fsp3) is 0.346. The maximum Gasteiger partial charge on any atom is 0.469 e. The molecule has 1 saturated carbocycles. The van der Waals surface area contributed by atoms with Crippen molar-refractivity contribution in [1.82, 2.24) is 14.3 Å². The molecule has 0 bridgehead atoms. The molecule has 4 rings (SSSR count). The van der Waals surface area contributed by atoms with Crippen LogP contribution < -0.4 is 4.72 Å². The third-order valence-electron chi connectivity index (χ3n) is 6.50. The molecule has 204 valence electrons. The number of rotatable bonds is 11. The molecule has 0 aliphatic heterocycles. The zero-order valence-electron chi connectivity index (χ0n) is 21.1. The van der Waals surface area contributed by atoms with Crippen molar-refractivity contribution in [2.75, 3.05) is 12.9 Å². The fourth-order valence-corrected chi connectivity index (χ4v) is 5.72. The Morgan fingerprint density at radius 1 is 1.13 bits per heavy atom. The van der Waals surface area contributed by atoms with E-state index in [0.717, 1.165) is 29.5 Å². The van der Waals surface area contributed by atoms with Crippen LogP contribution in [-0.4, -0.2) is 51.8 Å². The average molecular weight is 562 g/mol. The number of phosphoric ester groups is 1. The number of sulfonamides is 1. The van der Waals surface area contributed by atoms with Gasteiger partial charge in [0.2, 0.25) is 10.0 Å². The molecule has 0 radical (unpaired) electrons. The highest BCUT2D eigenvalue weighted by molar-refractivity contribution is 7.88. The molecule has 4 N–H and O–H groups in total. The van der Waals surface area contributed by atoms with Crippen LogP contribution in [0.15, 0.2) is 67.0 Å². The minimum Gasteiger partial charge on any atom is -0.385 e. The normalized spacial score (nSPS) is 19.8. The number of nitrogens with zero attached hydrogens (tertiary/aromatic N) is 2. The summed E-state index contributed by atoms with van der Waals surface area (Å²) in [6, 6.07) is 15.6. The lowest BCUT2D eigenvalue weighted by Gasteiger charge is -2.35. The van der Waals surface area contributed by atoms with Gasteiger partial charge in [0.05, 0.1) is 18.9 Å². The smallest absolute Gasteiger partial charge is 0.385 e. The molecule has 0 saturated heterocycles. The molecule has 12 heteroatoms. The van der Waals surface area contributed by atoms with Crippen LogP contribution in [0.1, 0.15) is 54.8 Å². The summed E-state index contributed by atoms with van der Waals surface area (Å²) in [5.41, 5.74) is 4.16. The third kappa shape index (κ3) is 7.70. The molecule has 1 aromatic heterocycles. The second-order valence-corrected chi connectivity index (χ2v) is 12.6. The van der Waals surface area contributed by atoms with Crippen LogP contribution in [0, 0.1) is 0 Å². The summed E-state index contributed by atoms with van der Waals surface area (Å²) in [5, 5.41) is 9.98. The van der Waals surface area contributed by atoms with E-state index in [9.17, 15) is 18.1 Å². The van der Waals surface area contributed by atoms with E-state index in [-0.39, 0.29) is 12.6 Å². The first-order valence-electron chi connectivity index (χ1n) is 12.1. The molecule has 1 heterocycles. The molecule has 0 spiro atoms. The largest absolute Gasteiger partial charge is 0.469 e. The Balaban J connectivity index is 1.42. The van der Waals surface area contributed by atoms with Crippen molar-refractivity contribution >= 4 is 23.9 Å². The number of aromatic nitrogens is 2. The van der Waals surface area contributed by atoms with Crippen molar-refractivity contribution in [3.05, 3.63) is 84.0 Å². The summed E-state index contributed by atoms with van der Waals surface area (Å²) < 4.78 is 43.0. The number of hydrogen-bond acceptors (Lipinski definition) is 6. The third-order valence-corrected chi connectivity index (χ3v) is 7.75. The Hall–Kier alpha value is -2.63. The standard InChI is InChI=1S/C26H32N3O7PS/c1-18(30)26-27-13-14-29(26)25(17-36-37(31,32)33)12-5-19-3-6-20(7-4-19)21-8-10-22(11-9-21)23-15-24(16-23)28-38(2,34)35/h3-14,18,23-25,28,30H,15-17H2,1-2H3,(H2,31,32,33)/b12-5+/t18-,23?,24?,25-/m0/s1. The lowest BCUT2D eigenvalue weighted by Crippen LogP contribution is -2.42. The molecular weight excluding hydrogens is 529 g/mol. The number of imidazole rings is 1. The molecule has 2 aromatic carbocycles. The topological polar surface area (TPSA) is 151 Å². The summed E-state index contributed by atoms with van der Waals surface area (Å²) in [7, 11) is -7.85. The van der Waals surface area contributed by atoms with Crippen molar-refractivity contribution in [2.24, 2.45) is 0 Å². The maximum absolute atomic E-state index is 11.4. The SMILES string of the molecule is C[C@H](O)c1nccn1[C@@H](/C=C/c1ccc(-c2ccc(C3CC(NS(C)(=O)=O)C3)cc2)cc1)COP(=O)(O)O. The molecular formula is C26H32N3O7PS. The van der Waals surface area contributed by atoms with Gasteiger partial charge in [0, 0.05) is 18.4 Å². The number of benzene rings is 2. The highest BCUT2D eigenvalue weighted by Gasteiger charge is 2.32. The van der Waals surface area contributed by atoms with Gasteiger partial charge in [0.15, 0.2) is 0 Å². The van der Waals surface area contributed by atoms with Gasteiger partial charge in [-0.25, -0.2) is 22.7 Å². The van der Waals surface area contributed by atoms with Gasteiger partial charge in [0.25, 0.3) is 0 Å². The summed E-state index contributed by atoms with van der Waals surface area (Å²) in [4.78, 5) is 22.4. The Morgan fingerprint density at radius 2 is 1.74 bits per heavy atom. The Morgan fingerprint density at radius 3 is 2.29 bits per heavy atom. The zero-order valence-corrected chi connectivity index (χ0v) is 22.8. The fourth-order valence-electron chi connectivity index (χ4n) is 4.58. The van der Waals surface area contributed by atoms with Crippen LogP contribution in [0.3, 0.4) is 0 Å². The molecule has 10 nitrogen and oxygen atoms in total. The van der Waals surface area contributed by atoms with Gasteiger partial charge in [0.1, 0.15) is 11.9 Å². The Labute approximate surface area is 222 Å². The predicted octanol–water partition coefficient (Wildman–Crippen LogP) is 3.76. The molecule has 1 fully saturated rings. The molecule has 0 amide bonds. The van der Waals surface area contributed by atoms with Gasteiger partial charge in [-0.2, -0.15) is 0 Å². The van der Waals surface area contributed by atoms with E-state index in [1.807, 2.05) is 30.3 Å². The average Bonchev–Trinajstić information content (AvgIpc) is 3.31. The number of nitrogens with one attached hydrogen (secondary N) is 1. The van der Waals surface area contributed by atoms with E-state index in [1.54, 1.807) is 23.8 Å². The van der Waals surface area contributed by atoms with E-state index in [4.69, 9.17) is 14.3 Å². The van der Waals surface area contributed by atoms with Crippen molar-refractivity contribution in [2.45, 2.75) is 43.9 Å². The van der Waals surface area contributed by atoms with Gasteiger partial charge < -0.3 is 19.5 Å². The number of phosphoric acid groups is 1. The molecule has 2 atom stereocenters. The quantitative estimate of drug-likeness (QED) is 0.258. The van der Waals surface area contributed by atoms with Crippen LogP contribution in [0.2, 0.25) is 0 Å². The molecule has 38 heavy (non-hydrogen) atoms. The van der Waals surface area contributed by atoms with Gasteiger partial charge in [-0.05, 0) is 47.9 Å². The van der Waals surface area contributed by atoms with Crippen LogP contribution in [-0.2, 0) is 19.1 Å². The lowest BCUT2D eigenvalue weighted by molar-refractivity contribution is 0.164. The van der Waals surface area contributed by atoms with Crippen LogP contribution in [0.5, 0.6) is 0 Å². The van der Waals surface area contributed by atoms with E-state index in [1.165, 1.54) is 18.0 Å². The first-order chi connectivity index (χ1) is 17.9. The Kier molecular flexibility index (Phi) is 8.68.